The maximum absolute atomic E-state index is 6.50. The summed E-state index contributed by atoms with van der Waals surface area (Å²) in [7, 11) is -6.08. The van der Waals surface area contributed by atoms with Gasteiger partial charge in [0.05, 0.1) is 5.67 Å². The Kier molecular flexibility index (Phi) is 14.0. The minimum absolute atomic E-state index is 0.297. The molecule has 0 rings (SSSR count). The van der Waals surface area contributed by atoms with Crippen molar-refractivity contribution in [3.05, 3.63) is 0 Å². The molecule has 1 atom stereocenters. The first-order chi connectivity index (χ1) is 13.4. The van der Waals surface area contributed by atoms with Crippen LogP contribution in [0.4, 0.5) is 0 Å². The minimum atomic E-state index is -2.81. The lowest BCUT2D eigenvalue weighted by molar-refractivity contribution is 0.0517. The topological polar surface area (TPSA) is 30.9 Å². The van der Waals surface area contributed by atoms with Crippen molar-refractivity contribution in [2.24, 2.45) is 0 Å². The zero-order valence-corrected chi connectivity index (χ0v) is 23.8. The Bertz CT molecular complexity index is 351. The molecule has 0 aromatic carbocycles. The zero-order chi connectivity index (χ0) is 21.8. The monoisotopic (exact) mass is 449 g/mol. The van der Waals surface area contributed by atoms with Gasteiger partial charge in [0, 0.05) is 19.8 Å². The summed E-state index contributed by atoms with van der Waals surface area (Å²) >= 11 is 0. The van der Waals surface area contributed by atoms with E-state index in [1.54, 1.807) is 0 Å². The molecule has 0 aliphatic carbocycles. The first kappa shape index (κ1) is 28.5. The Hall–Kier alpha value is 0.491. The van der Waals surface area contributed by atoms with E-state index in [0.29, 0.717) is 25.5 Å². The second kappa shape index (κ2) is 13.7. The maximum atomic E-state index is 6.50. The highest BCUT2D eigenvalue weighted by Crippen LogP contribution is 2.41. The predicted molar refractivity (Wildman–Crippen MR) is 131 cm³/mol. The van der Waals surface area contributed by atoms with Gasteiger partial charge in [-0.05, 0) is 63.5 Å². The molecular weight excluding hydrogens is 398 g/mol. The third-order valence-corrected chi connectivity index (χ3v) is 24.6. The fraction of sp³-hybridized carbons (Fsp3) is 1.00. The third kappa shape index (κ3) is 5.80. The second-order valence-electron chi connectivity index (χ2n) is 7.77. The minimum Gasteiger partial charge on any atom is -0.373 e. The van der Waals surface area contributed by atoms with E-state index in [-0.39, 0.29) is 0 Å². The van der Waals surface area contributed by atoms with Crippen LogP contribution < -0.4 is 0 Å². The fourth-order valence-corrected chi connectivity index (χ4v) is 24.3. The Morgan fingerprint density at radius 1 is 0.536 bits per heavy atom. The van der Waals surface area contributed by atoms with Crippen molar-refractivity contribution in [1.82, 2.24) is 4.23 Å². The molecule has 170 valence electrons. The van der Waals surface area contributed by atoms with Crippen molar-refractivity contribution in [1.29, 1.82) is 0 Å². The molecule has 0 N–H and O–H groups in total. The van der Waals surface area contributed by atoms with E-state index in [2.05, 4.69) is 73.5 Å². The highest BCUT2D eigenvalue weighted by Gasteiger charge is 2.59. The summed E-state index contributed by atoms with van der Waals surface area (Å²) in [6, 6.07) is 7.83. The van der Waals surface area contributed by atoms with Gasteiger partial charge >= 0.3 is 8.80 Å². The molecule has 28 heavy (non-hydrogen) atoms. The zero-order valence-electron chi connectivity index (χ0n) is 20.8. The van der Waals surface area contributed by atoms with E-state index < -0.39 is 25.3 Å². The van der Waals surface area contributed by atoms with Crippen LogP contribution in [0.15, 0.2) is 0 Å². The Morgan fingerprint density at radius 2 is 0.821 bits per heavy atom. The molecule has 0 heterocycles. The van der Waals surface area contributed by atoms with Crippen molar-refractivity contribution in [3.63, 3.8) is 0 Å². The van der Waals surface area contributed by atoms with Crippen LogP contribution in [-0.4, -0.2) is 55.0 Å². The molecule has 0 aromatic heterocycles. The third-order valence-electron chi connectivity index (χ3n) is 7.11. The van der Waals surface area contributed by atoms with Crippen LogP contribution in [0.1, 0.15) is 75.7 Å². The first-order valence-electron chi connectivity index (χ1n) is 12.1. The van der Waals surface area contributed by atoms with Gasteiger partial charge in [-0.3, -0.25) is 0 Å². The van der Waals surface area contributed by atoms with Gasteiger partial charge in [-0.2, -0.15) is 0 Å². The Morgan fingerprint density at radius 3 is 1.00 bits per heavy atom. The van der Waals surface area contributed by atoms with Gasteiger partial charge in [0.25, 0.3) is 0 Å². The number of hydrogen-bond acceptors (Lipinski definition) is 4. The summed E-state index contributed by atoms with van der Waals surface area (Å²) in [4.78, 5) is 0. The van der Waals surface area contributed by atoms with Crippen LogP contribution in [-0.2, 0) is 13.3 Å². The van der Waals surface area contributed by atoms with Gasteiger partial charge in [-0.25, -0.2) is 0 Å². The molecule has 0 aliphatic heterocycles. The number of hydrogen-bond donors (Lipinski definition) is 0. The van der Waals surface area contributed by atoms with E-state index in [1.165, 1.54) is 36.3 Å². The summed E-state index contributed by atoms with van der Waals surface area (Å²) in [5, 5.41) is 0. The maximum Gasteiger partial charge on any atom is 0.517 e. The second-order valence-corrected chi connectivity index (χ2v) is 21.1. The summed E-state index contributed by atoms with van der Waals surface area (Å²) < 4.78 is 22.6. The molecular formula is C21H51NO3Si3. The van der Waals surface area contributed by atoms with Gasteiger partial charge in [-0.15, -0.1) is 0 Å². The van der Waals surface area contributed by atoms with E-state index in [9.17, 15) is 0 Å². The molecule has 0 aliphatic rings. The first-order valence-corrected chi connectivity index (χ1v) is 19.0. The molecule has 0 fully saturated rings. The molecule has 0 saturated carbocycles. The lowest BCUT2D eigenvalue weighted by Gasteiger charge is -2.58. The molecule has 0 aromatic rings. The van der Waals surface area contributed by atoms with Crippen LogP contribution in [0.5, 0.6) is 0 Å². The Labute approximate surface area is 180 Å². The lowest BCUT2D eigenvalue weighted by atomic mass is 10.5. The van der Waals surface area contributed by atoms with E-state index in [1.807, 2.05) is 0 Å². The van der Waals surface area contributed by atoms with E-state index in [4.69, 9.17) is 13.3 Å². The number of nitrogens with zero attached hydrogens (tertiary/aromatic N) is 1. The SMILES string of the molecule is CCO[Si](OCC)(OCC)C(CC)N([Si](CC)(CC)CC)[Si](CC)(CC)CC. The van der Waals surface area contributed by atoms with Crippen molar-refractivity contribution < 1.29 is 13.3 Å². The van der Waals surface area contributed by atoms with E-state index >= 15 is 0 Å². The Balaban J connectivity index is 6.83. The van der Waals surface area contributed by atoms with E-state index in [0.717, 1.165) is 6.42 Å². The molecule has 4 nitrogen and oxygen atoms in total. The number of rotatable bonds is 17. The van der Waals surface area contributed by atoms with Crippen LogP contribution >= 0.6 is 0 Å². The van der Waals surface area contributed by atoms with Gasteiger partial charge in [0.1, 0.15) is 16.5 Å². The fourth-order valence-electron chi connectivity index (χ4n) is 5.29. The van der Waals surface area contributed by atoms with Gasteiger partial charge in [0.15, 0.2) is 0 Å². The summed E-state index contributed by atoms with van der Waals surface area (Å²) in [5.74, 6) is 0. The highest BCUT2D eigenvalue weighted by molar-refractivity contribution is 6.94. The van der Waals surface area contributed by atoms with Crippen molar-refractivity contribution in [3.8, 4) is 0 Å². The molecule has 0 saturated heterocycles. The summed E-state index contributed by atoms with van der Waals surface area (Å²) in [6.07, 6.45) is 1.05. The standard InChI is InChI=1S/C21H51NO3Si3/c1-11-21(28(23-12-2,24-13-3)25-14-4)22(26(15-5,16-6)17-7)27(18-8,19-9)20-10/h21H,11-20H2,1-10H3. The summed E-state index contributed by atoms with van der Waals surface area (Å²) in [5.41, 5.74) is 0.297. The summed E-state index contributed by atoms with van der Waals surface area (Å²) in [6.45, 7) is 25.2. The molecule has 0 amide bonds. The molecule has 0 bridgehead atoms. The average molecular weight is 450 g/mol. The normalized spacial score (nSPS) is 14.7. The van der Waals surface area contributed by atoms with Crippen LogP contribution in [0.25, 0.3) is 0 Å². The quantitative estimate of drug-likeness (QED) is 0.232. The van der Waals surface area contributed by atoms with Crippen molar-refractivity contribution in [2.75, 3.05) is 19.8 Å². The van der Waals surface area contributed by atoms with Gasteiger partial charge < -0.3 is 17.5 Å². The molecule has 1 unspecified atom stereocenters. The van der Waals surface area contributed by atoms with Crippen LogP contribution in [0, 0.1) is 0 Å². The molecule has 0 spiro atoms. The van der Waals surface area contributed by atoms with Crippen molar-refractivity contribution in [2.45, 2.75) is 118 Å². The van der Waals surface area contributed by atoms with Gasteiger partial charge in [0.2, 0.25) is 0 Å². The predicted octanol–water partition coefficient (Wildman–Crippen LogP) is 6.67. The van der Waals surface area contributed by atoms with Crippen molar-refractivity contribution >= 4 is 25.3 Å². The average Bonchev–Trinajstić information content (AvgIpc) is 2.72. The van der Waals surface area contributed by atoms with Crippen LogP contribution in [0.2, 0.25) is 36.3 Å². The van der Waals surface area contributed by atoms with Crippen LogP contribution in [0.3, 0.4) is 0 Å². The van der Waals surface area contributed by atoms with Gasteiger partial charge in [-0.1, -0.05) is 48.5 Å². The molecule has 0 radical (unpaired) electrons. The smallest absolute Gasteiger partial charge is 0.373 e. The largest absolute Gasteiger partial charge is 0.517 e. The lowest BCUT2D eigenvalue weighted by Crippen LogP contribution is -2.76. The molecule has 7 heteroatoms. The highest BCUT2D eigenvalue weighted by atomic mass is 28.4.